The first kappa shape index (κ1) is 13.7. The van der Waals surface area contributed by atoms with Crippen molar-refractivity contribution in [2.75, 3.05) is 5.32 Å². The van der Waals surface area contributed by atoms with Gasteiger partial charge in [-0.2, -0.15) is 0 Å². The lowest BCUT2D eigenvalue weighted by atomic mass is 10.1. The van der Waals surface area contributed by atoms with Gasteiger partial charge in [0.2, 0.25) is 0 Å². The standard InChI is InChI=1S/C15H13BrFNO/c1-9-5-3-6-10(2)14(9)18-15(19)13-11(16)7-4-8-12(13)17/h3-8H,1-2H3,(H,18,19). The van der Waals surface area contributed by atoms with Crippen LogP contribution in [0.5, 0.6) is 0 Å². The maximum Gasteiger partial charge on any atom is 0.259 e. The fraction of sp³-hybridized carbons (Fsp3) is 0.133. The molecular weight excluding hydrogens is 309 g/mol. The minimum Gasteiger partial charge on any atom is -0.321 e. The SMILES string of the molecule is Cc1cccc(C)c1NC(=O)c1c(F)cccc1Br. The molecule has 2 aromatic carbocycles. The van der Waals surface area contributed by atoms with Gasteiger partial charge in [0.25, 0.3) is 5.91 Å². The minimum absolute atomic E-state index is 0.0187. The summed E-state index contributed by atoms with van der Waals surface area (Å²) in [5.41, 5.74) is 2.63. The van der Waals surface area contributed by atoms with Crippen LogP contribution in [0.4, 0.5) is 10.1 Å². The maximum atomic E-state index is 13.7. The second kappa shape index (κ2) is 5.53. The Bertz CT molecular complexity index is 600. The van der Waals surface area contributed by atoms with Crippen LogP contribution in [0, 0.1) is 19.7 Å². The number of amides is 1. The predicted molar refractivity (Wildman–Crippen MR) is 78.0 cm³/mol. The molecule has 0 spiro atoms. The van der Waals surface area contributed by atoms with Crippen LogP contribution in [0.25, 0.3) is 0 Å². The van der Waals surface area contributed by atoms with Crippen LogP contribution in [-0.2, 0) is 0 Å². The summed E-state index contributed by atoms with van der Waals surface area (Å²) in [6.07, 6.45) is 0. The van der Waals surface area contributed by atoms with Crippen molar-refractivity contribution < 1.29 is 9.18 Å². The number of benzene rings is 2. The summed E-state index contributed by atoms with van der Waals surface area (Å²) in [5.74, 6) is -1.000. The zero-order chi connectivity index (χ0) is 14.0. The molecule has 0 aliphatic heterocycles. The minimum atomic E-state index is -0.543. The largest absolute Gasteiger partial charge is 0.321 e. The summed E-state index contributed by atoms with van der Waals surface area (Å²) in [5, 5.41) is 2.77. The van der Waals surface area contributed by atoms with Gasteiger partial charge in [-0.3, -0.25) is 4.79 Å². The average Bonchev–Trinajstić information content (AvgIpc) is 2.34. The number of carbonyl (C=O) groups excluding carboxylic acids is 1. The fourth-order valence-corrected chi connectivity index (χ4v) is 2.42. The van der Waals surface area contributed by atoms with E-state index in [1.54, 1.807) is 12.1 Å². The third-order valence-corrected chi connectivity index (χ3v) is 3.57. The van der Waals surface area contributed by atoms with Gasteiger partial charge in [-0.1, -0.05) is 24.3 Å². The number of hydrogen-bond donors (Lipinski definition) is 1. The molecule has 2 nitrogen and oxygen atoms in total. The third-order valence-electron chi connectivity index (χ3n) is 2.91. The van der Waals surface area contributed by atoms with Crippen molar-refractivity contribution in [3.8, 4) is 0 Å². The molecule has 0 heterocycles. The van der Waals surface area contributed by atoms with Crippen LogP contribution in [0.15, 0.2) is 40.9 Å². The van der Waals surface area contributed by atoms with Gasteiger partial charge in [-0.05, 0) is 53.0 Å². The Kier molecular flexibility index (Phi) is 4.00. The topological polar surface area (TPSA) is 29.1 Å². The summed E-state index contributed by atoms with van der Waals surface area (Å²) in [6, 6.07) is 10.2. The number of aryl methyl sites for hydroxylation is 2. The van der Waals surface area contributed by atoms with Gasteiger partial charge in [0.1, 0.15) is 5.82 Å². The van der Waals surface area contributed by atoms with E-state index >= 15 is 0 Å². The van der Waals surface area contributed by atoms with Crippen LogP contribution in [0.1, 0.15) is 21.5 Å². The van der Waals surface area contributed by atoms with E-state index in [9.17, 15) is 9.18 Å². The molecule has 2 aromatic rings. The van der Waals surface area contributed by atoms with Crippen molar-refractivity contribution in [1.29, 1.82) is 0 Å². The van der Waals surface area contributed by atoms with E-state index in [4.69, 9.17) is 0 Å². The predicted octanol–water partition coefficient (Wildman–Crippen LogP) is 4.46. The van der Waals surface area contributed by atoms with Gasteiger partial charge in [0, 0.05) is 10.2 Å². The number of para-hydroxylation sites is 1. The van der Waals surface area contributed by atoms with Gasteiger partial charge in [-0.25, -0.2) is 4.39 Å². The molecule has 0 radical (unpaired) electrons. The molecule has 0 aliphatic carbocycles. The van der Waals surface area contributed by atoms with E-state index in [2.05, 4.69) is 21.2 Å². The van der Waals surface area contributed by atoms with E-state index in [0.717, 1.165) is 16.8 Å². The lowest BCUT2D eigenvalue weighted by Gasteiger charge is -2.12. The summed E-state index contributed by atoms with van der Waals surface area (Å²) >= 11 is 3.20. The van der Waals surface area contributed by atoms with E-state index in [0.29, 0.717) is 4.47 Å². The Morgan fingerprint density at radius 2 is 1.68 bits per heavy atom. The van der Waals surface area contributed by atoms with Gasteiger partial charge < -0.3 is 5.32 Å². The van der Waals surface area contributed by atoms with Crippen molar-refractivity contribution in [2.24, 2.45) is 0 Å². The highest BCUT2D eigenvalue weighted by Crippen LogP contribution is 2.24. The first-order valence-corrected chi connectivity index (χ1v) is 6.61. The van der Waals surface area contributed by atoms with Crippen LogP contribution >= 0.6 is 15.9 Å². The van der Waals surface area contributed by atoms with Crippen molar-refractivity contribution in [3.63, 3.8) is 0 Å². The highest BCUT2D eigenvalue weighted by atomic mass is 79.9. The van der Waals surface area contributed by atoms with Crippen LogP contribution < -0.4 is 5.32 Å². The Morgan fingerprint density at radius 3 is 2.26 bits per heavy atom. The quantitative estimate of drug-likeness (QED) is 0.869. The molecule has 0 saturated carbocycles. The number of halogens is 2. The third kappa shape index (κ3) is 2.84. The second-order valence-corrected chi connectivity index (χ2v) is 5.17. The Morgan fingerprint density at radius 1 is 1.11 bits per heavy atom. The molecule has 0 aromatic heterocycles. The zero-order valence-electron chi connectivity index (χ0n) is 10.6. The van der Waals surface area contributed by atoms with Crippen LogP contribution in [0.2, 0.25) is 0 Å². The molecule has 0 bridgehead atoms. The van der Waals surface area contributed by atoms with E-state index in [1.807, 2.05) is 32.0 Å². The molecule has 0 saturated heterocycles. The molecule has 0 unspecified atom stereocenters. The number of anilines is 1. The lowest BCUT2D eigenvalue weighted by molar-refractivity contribution is 0.102. The molecule has 98 valence electrons. The first-order valence-electron chi connectivity index (χ1n) is 5.82. The summed E-state index contributed by atoms with van der Waals surface area (Å²) in [4.78, 5) is 12.2. The second-order valence-electron chi connectivity index (χ2n) is 4.32. The molecule has 0 fully saturated rings. The number of hydrogen-bond acceptors (Lipinski definition) is 1. The fourth-order valence-electron chi connectivity index (χ4n) is 1.90. The molecule has 0 aliphatic rings. The lowest BCUT2D eigenvalue weighted by Crippen LogP contribution is -2.16. The van der Waals surface area contributed by atoms with Gasteiger partial charge in [0.15, 0.2) is 0 Å². The summed E-state index contributed by atoms with van der Waals surface area (Å²) in [7, 11) is 0. The average molecular weight is 322 g/mol. The van der Waals surface area contributed by atoms with Crippen LogP contribution in [0.3, 0.4) is 0 Å². The van der Waals surface area contributed by atoms with E-state index in [1.165, 1.54) is 6.07 Å². The van der Waals surface area contributed by atoms with Crippen molar-refractivity contribution in [1.82, 2.24) is 0 Å². The monoisotopic (exact) mass is 321 g/mol. The van der Waals surface area contributed by atoms with Crippen LogP contribution in [-0.4, -0.2) is 5.91 Å². The number of rotatable bonds is 2. The molecule has 0 atom stereocenters. The number of nitrogens with one attached hydrogen (secondary N) is 1. The zero-order valence-corrected chi connectivity index (χ0v) is 12.2. The smallest absolute Gasteiger partial charge is 0.259 e. The van der Waals surface area contributed by atoms with E-state index < -0.39 is 11.7 Å². The number of carbonyl (C=O) groups is 1. The van der Waals surface area contributed by atoms with Gasteiger partial charge in [0.05, 0.1) is 5.56 Å². The summed E-state index contributed by atoms with van der Waals surface area (Å²) in [6.45, 7) is 3.80. The Balaban J connectivity index is 2.37. The highest BCUT2D eigenvalue weighted by molar-refractivity contribution is 9.10. The molecule has 2 rings (SSSR count). The highest BCUT2D eigenvalue weighted by Gasteiger charge is 2.16. The molecule has 4 heteroatoms. The van der Waals surface area contributed by atoms with Crippen molar-refractivity contribution >= 4 is 27.5 Å². The van der Waals surface area contributed by atoms with Gasteiger partial charge >= 0.3 is 0 Å². The summed E-state index contributed by atoms with van der Waals surface area (Å²) < 4.78 is 14.2. The first-order chi connectivity index (χ1) is 9.00. The Hall–Kier alpha value is -1.68. The normalized spacial score (nSPS) is 10.3. The van der Waals surface area contributed by atoms with E-state index in [-0.39, 0.29) is 5.56 Å². The molecule has 1 amide bonds. The van der Waals surface area contributed by atoms with Gasteiger partial charge in [-0.15, -0.1) is 0 Å². The molecule has 1 N–H and O–H groups in total. The molecular formula is C15H13BrFNO. The van der Waals surface area contributed by atoms with Crippen molar-refractivity contribution in [2.45, 2.75) is 13.8 Å². The van der Waals surface area contributed by atoms with Crippen molar-refractivity contribution in [3.05, 3.63) is 63.4 Å². The Labute approximate surface area is 119 Å². The molecule has 19 heavy (non-hydrogen) atoms. The maximum absolute atomic E-state index is 13.7.